The Kier molecular flexibility index (Phi) is 10.6. The fourth-order valence-corrected chi connectivity index (χ4v) is 3.59. The smallest absolute Gasteiger partial charge is 0.246 e. The number of amides is 1. The van der Waals surface area contributed by atoms with Crippen molar-refractivity contribution >= 4 is 36.4 Å². The molecule has 1 aromatic heterocycles. The number of hydrogen-bond acceptors (Lipinski definition) is 5. The molecule has 0 spiro atoms. The van der Waals surface area contributed by atoms with Crippen LogP contribution in [0.15, 0.2) is 36.7 Å². The van der Waals surface area contributed by atoms with Crippen molar-refractivity contribution in [2.75, 3.05) is 32.1 Å². The summed E-state index contributed by atoms with van der Waals surface area (Å²) in [5.41, 5.74) is 2.81. The van der Waals surface area contributed by atoms with Crippen LogP contribution < -0.4 is 10.6 Å². The monoisotopic (exact) mass is 443 g/mol. The lowest BCUT2D eigenvalue weighted by atomic mass is 9.97. The standard InChI is InChI=1S/C20H29N5O2.2ClH/c1-21-19(17-11-22-24(2)13-17)20(27)23-18-5-3-4-16(10-18)12-25-8-6-15(14-26)7-9-25;;/h3-5,10-11,13,15,19,21,26H,6-9,12,14H2,1-2H3,(H,23,27);2*1H. The van der Waals surface area contributed by atoms with Crippen LogP contribution in [0.4, 0.5) is 5.69 Å². The molecule has 2 aromatic rings. The van der Waals surface area contributed by atoms with Crippen LogP contribution in [0.2, 0.25) is 0 Å². The lowest BCUT2D eigenvalue weighted by molar-refractivity contribution is -0.118. The van der Waals surface area contributed by atoms with Crippen LogP contribution in [0.5, 0.6) is 0 Å². The van der Waals surface area contributed by atoms with Crippen molar-refractivity contribution in [3.63, 3.8) is 0 Å². The molecule has 0 radical (unpaired) electrons. The summed E-state index contributed by atoms with van der Waals surface area (Å²) in [5.74, 6) is 0.337. The minimum absolute atomic E-state index is 0. The predicted octanol–water partition coefficient (Wildman–Crippen LogP) is 2.37. The molecule has 3 rings (SSSR count). The molecule has 1 fully saturated rings. The zero-order chi connectivity index (χ0) is 19.2. The Morgan fingerprint density at radius 3 is 2.62 bits per heavy atom. The van der Waals surface area contributed by atoms with Gasteiger partial charge in [0.05, 0.1) is 6.20 Å². The van der Waals surface area contributed by atoms with Gasteiger partial charge in [-0.05, 0) is 56.6 Å². The predicted molar refractivity (Wildman–Crippen MR) is 120 cm³/mol. The van der Waals surface area contributed by atoms with Crippen LogP contribution in [-0.4, -0.2) is 52.4 Å². The molecule has 0 bridgehead atoms. The molecule has 0 aliphatic carbocycles. The molecule has 0 saturated carbocycles. The normalized spacial score (nSPS) is 15.8. The van der Waals surface area contributed by atoms with Crippen molar-refractivity contribution in [3.8, 4) is 0 Å². The minimum Gasteiger partial charge on any atom is -0.396 e. The molecule has 2 heterocycles. The third-order valence-corrected chi connectivity index (χ3v) is 5.18. The second-order valence-corrected chi connectivity index (χ2v) is 7.26. The molecule has 9 heteroatoms. The van der Waals surface area contributed by atoms with Gasteiger partial charge in [0, 0.05) is 37.6 Å². The van der Waals surface area contributed by atoms with Gasteiger partial charge in [-0.15, -0.1) is 24.8 Å². The first-order chi connectivity index (χ1) is 13.1. The van der Waals surface area contributed by atoms with Gasteiger partial charge >= 0.3 is 0 Å². The van der Waals surface area contributed by atoms with Gasteiger partial charge in [-0.2, -0.15) is 5.10 Å². The highest BCUT2D eigenvalue weighted by Crippen LogP contribution is 2.20. The number of rotatable bonds is 7. The third-order valence-electron chi connectivity index (χ3n) is 5.18. The fraction of sp³-hybridized carbons (Fsp3) is 0.500. The highest BCUT2D eigenvalue weighted by atomic mass is 35.5. The van der Waals surface area contributed by atoms with E-state index in [2.05, 4.69) is 26.7 Å². The Morgan fingerprint density at radius 2 is 2.03 bits per heavy atom. The minimum atomic E-state index is -0.445. The lowest BCUT2D eigenvalue weighted by Gasteiger charge is -2.31. The van der Waals surface area contributed by atoms with Crippen LogP contribution in [0.3, 0.4) is 0 Å². The molecule has 1 aliphatic heterocycles. The first-order valence-corrected chi connectivity index (χ1v) is 9.48. The topological polar surface area (TPSA) is 82.4 Å². The molecule has 1 atom stereocenters. The molecular weight excluding hydrogens is 413 g/mol. The number of carbonyl (C=O) groups is 1. The molecule has 29 heavy (non-hydrogen) atoms. The largest absolute Gasteiger partial charge is 0.396 e. The number of nitrogens with one attached hydrogen (secondary N) is 2. The van der Waals surface area contributed by atoms with E-state index in [0.29, 0.717) is 12.5 Å². The number of anilines is 1. The number of aromatic nitrogens is 2. The van der Waals surface area contributed by atoms with E-state index in [1.807, 2.05) is 31.4 Å². The van der Waals surface area contributed by atoms with Crippen molar-refractivity contribution in [2.45, 2.75) is 25.4 Å². The van der Waals surface area contributed by atoms with Crippen molar-refractivity contribution in [3.05, 3.63) is 47.8 Å². The molecule has 1 aromatic carbocycles. The zero-order valence-electron chi connectivity index (χ0n) is 16.9. The van der Waals surface area contributed by atoms with Gasteiger partial charge in [-0.3, -0.25) is 14.4 Å². The number of likely N-dealkylation sites (tertiary alicyclic amines) is 1. The molecule has 162 valence electrons. The van der Waals surface area contributed by atoms with Crippen LogP contribution >= 0.6 is 24.8 Å². The van der Waals surface area contributed by atoms with E-state index in [1.54, 1.807) is 17.9 Å². The number of carbonyl (C=O) groups excluding carboxylic acids is 1. The quantitative estimate of drug-likeness (QED) is 0.611. The Morgan fingerprint density at radius 1 is 1.31 bits per heavy atom. The van der Waals surface area contributed by atoms with E-state index in [4.69, 9.17) is 0 Å². The number of aliphatic hydroxyl groups is 1. The highest BCUT2D eigenvalue weighted by Gasteiger charge is 2.21. The Balaban J connectivity index is 0.00000210. The maximum absolute atomic E-state index is 12.7. The Labute approximate surface area is 184 Å². The number of likely N-dealkylation sites (N-methyl/N-ethyl adjacent to an activating group) is 1. The zero-order valence-corrected chi connectivity index (χ0v) is 18.5. The molecule has 7 nitrogen and oxygen atoms in total. The lowest BCUT2D eigenvalue weighted by Crippen LogP contribution is -2.34. The molecule has 1 unspecified atom stereocenters. The van der Waals surface area contributed by atoms with Crippen molar-refractivity contribution in [1.29, 1.82) is 0 Å². The van der Waals surface area contributed by atoms with Gasteiger partial charge in [-0.25, -0.2) is 0 Å². The molecule has 1 aliphatic rings. The molecular formula is C20H31Cl2N5O2. The highest BCUT2D eigenvalue weighted by molar-refractivity contribution is 5.95. The number of nitrogens with zero attached hydrogens (tertiary/aromatic N) is 3. The Hall–Kier alpha value is -1.64. The molecule has 3 N–H and O–H groups in total. The summed E-state index contributed by atoms with van der Waals surface area (Å²) < 4.78 is 1.69. The number of halogens is 2. The second kappa shape index (κ2) is 12.1. The van der Waals surface area contributed by atoms with Crippen molar-refractivity contribution in [2.24, 2.45) is 13.0 Å². The maximum atomic E-state index is 12.7. The maximum Gasteiger partial charge on any atom is 0.246 e. The average molecular weight is 444 g/mol. The van der Waals surface area contributed by atoms with Gasteiger partial charge in [0.25, 0.3) is 0 Å². The first kappa shape index (κ1) is 25.4. The SMILES string of the molecule is CNC(C(=O)Nc1cccc(CN2CCC(CO)CC2)c1)c1cnn(C)c1.Cl.Cl. The van der Waals surface area contributed by atoms with Crippen molar-refractivity contribution < 1.29 is 9.90 Å². The van der Waals surface area contributed by atoms with Crippen molar-refractivity contribution in [1.82, 2.24) is 20.0 Å². The van der Waals surface area contributed by atoms with E-state index < -0.39 is 6.04 Å². The fourth-order valence-electron chi connectivity index (χ4n) is 3.59. The van der Waals surface area contributed by atoms with Gasteiger partial charge in [0.2, 0.25) is 5.91 Å². The number of aryl methyl sites for hydroxylation is 1. The van der Waals surface area contributed by atoms with E-state index in [-0.39, 0.29) is 30.7 Å². The van der Waals surface area contributed by atoms with Gasteiger partial charge in [0.15, 0.2) is 0 Å². The number of aliphatic hydroxyl groups excluding tert-OH is 1. The summed E-state index contributed by atoms with van der Waals surface area (Å²) in [6, 6.07) is 7.57. The van der Waals surface area contributed by atoms with E-state index >= 15 is 0 Å². The summed E-state index contributed by atoms with van der Waals surface area (Å²) in [7, 11) is 3.60. The summed E-state index contributed by atoms with van der Waals surface area (Å²) in [6.45, 7) is 3.16. The average Bonchev–Trinajstić information content (AvgIpc) is 3.09. The van der Waals surface area contributed by atoms with E-state index in [0.717, 1.165) is 43.7 Å². The molecule has 1 amide bonds. The van der Waals surface area contributed by atoms with E-state index in [9.17, 15) is 9.90 Å². The van der Waals surface area contributed by atoms with Crippen LogP contribution in [0.25, 0.3) is 0 Å². The number of benzene rings is 1. The third kappa shape index (κ3) is 6.97. The van der Waals surface area contributed by atoms with Gasteiger partial charge in [-0.1, -0.05) is 12.1 Å². The molecule has 1 saturated heterocycles. The van der Waals surface area contributed by atoms with Crippen LogP contribution in [0, 0.1) is 5.92 Å². The summed E-state index contributed by atoms with van der Waals surface area (Å²) in [6.07, 6.45) is 5.63. The van der Waals surface area contributed by atoms with Gasteiger partial charge < -0.3 is 15.7 Å². The number of hydrogen-bond donors (Lipinski definition) is 3. The second-order valence-electron chi connectivity index (χ2n) is 7.26. The van der Waals surface area contributed by atoms with Gasteiger partial charge in [0.1, 0.15) is 6.04 Å². The number of piperidine rings is 1. The van der Waals surface area contributed by atoms with E-state index in [1.165, 1.54) is 5.56 Å². The summed E-state index contributed by atoms with van der Waals surface area (Å²) >= 11 is 0. The first-order valence-electron chi connectivity index (χ1n) is 9.48. The van der Waals surface area contributed by atoms with Crippen LogP contribution in [0.1, 0.15) is 30.0 Å². The van der Waals surface area contributed by atoms with Crippen LogP contribution in [-0.2, 0) is 18.4 Å². The summed E-state index contributed by atoms with van der Waals surface area (Å²) in [4.78, 5) is 15.1. The Bertz CT molecular complexity index is 763. The summed E-state index contributed by atoms with van der Waals surface area (Å²) in [5, 5.41) is 19.5.